The molecule has 1 aliphatic rings. The number of nitrogens with zero attached hydrogens (tertiary/aromatic N) is 6. The molecular formula is C19H23N9O. The maximum absolute atomic E-state index is 10.5. The maximum atomic E-state index is 10.5. The number of carbonyl (C=O) groups excluding carboxylic acids is 1. The highest BCUT2D eigenvalue weighted by atomic mass is 16.1. The van der Waals surface area contributed by atoms with E-state index in [4.69, 9.17) is 11.5 Å². The molecule has 0 spiro atoms. The lowest BCUT2D eigenvalue weighted by molar-refractivity contribution is -0.121. The molecule has 5 N–H and O–H groups in total. The summed E-state index contributed by atoms with van der Waals surface area (Å²) in [6, 6.07) is 5.65. The summed E-state index contributed by atoms with van der Waals surface area (Å²) in [5, 5.41) is 11.5. The Balaban J connectivity index is 0.000000192. The predicted octanol–water partition coefficient (Wildman–Crippen LogP) is 1.67. The monoisotopic (exact) mass is 393 g/mol. The average Bonchev–Trinajstić information content (AvgIpc) is 3.26. The molecular weight excluding hydrogens is 370 g/mol. The second-order valence-electron chi connectivity index (χ2n) is 7.42. The van der Waals surface area contributed by atoms with Crippen LogP contribution in [0.1, 0.15) is 33.1 Å². The van der Waals surface area contributed by atoms with E-state index in [9.17, 15) is 4.79 Å². The van der Waals surface area contributed by atoms with E-state index in [1.54, 1.807) is 34.5 Å². The Kier molecular flexibility index (Phi) is 4.53. The van der Waals surface area contributed by atoms with Crippen molar-refractivity contribution in [1.82, 2.24) is 34.5 Å². The minimum absolute atomic E-state index is 0.0946. The van der Waals surface area contributed by atoms with Crippen LogP contribution in [0.15, 0.2) is 36.8 Å². The molecule has 4 aromatic rings. The first-order valence-corrected chi connectivity index (χ1v) is 9.34. The quantitative estimate of drug-likeness (QED) is 0.470. The molecule has 0 atom stereocenters. The number of imidazole rings is 1. The van der Waals surface area contributed by atoms with Gasteiger partial charge in [0.05, 0.1) is 5.69 Å². The van der Waals surface area contributed by atoms with E-state index in [1.165, 1.54) is 6.42 Å². The van der Waals surface area contributed by atoms with Crippen molar-refractivity contribution in [3.63, 3.8) is 0 Å². The number of nitrogens with one attached hydrogen (secondary N) is 1. The van der Waals surface area contributed by atoms with Crippen LogP contribution >= 0.6 is 0 Å². The van der Waals surface area contributed by atoms with E-state index >= 15 is 0 Å². The minimum atomic E-state index is 0.0946. The molecule has 29 heavy (non-hydrogen) atoms. The molecule has 1 saturated carbocycles. The van der Waals surface area contributed by atoms with Gasteiger partial charge in [-0.3, -0.25) is 4.79 Å². The van der Waals surface area contributed by atoms with Crippen LogP contribution in [0.2, 0.25) is 0 Å². The number of nitrogen functional groups attached to an aromatic ring is 2. The van der Waals surface area contributed by atoms with Gasteiger partial charge < -0.3 is 16.8 Å². The van der Waals surface area contributed by atoms with E-state index in [-0.39, 0.29) is 17.4 Å². The fraction of sp³-hybridized carbons (Fsp3) is 0.316. The van der Waals surface area contributed by atoms with Crippen molar-refractivity contribution >= 4 is 28.8 Å². The molecule has 0 radical (unpaired) electrons. The molecule has 0 unspecified atom stereocenters. The topological polar surface area (TPSA) is 142 Å². The van der Waals surface area contributed by atoms with Gasteiger partial charge in [0, 0.05) is 36.6 Å². The first-order valence-electron chi connectivity index (χ1n) is 9.34. The number of nitrogens with two attached hydrogens (primary N) is 2. The Hall–Kier alpha value is -3.69. The Bertz CT molecular complexity index is 1190. The molecule has 10 nitrogen and oxygen atoms in total. The molecule has 0 aliphatic heterocycles. The lowest BCUT2D eigenvalue weighted by atomic mass is 9.78. The van der Waals surface area contributed by atoms with Gasteiger partial charge in [-0.25, -0.2) is 14.0 Å². The van der Waals surface area contributed by atoms with Crippen LogP contribution in [-0.4, -0.2) is 40.6 Å². The van der Waals surface area contributed by atoms with Gasteiger partial charge in [0.1, 0.15) is 5.52 Å². The summed E-state index contributed by atoms with van der Waals surface area (Å²) in [7, 11) is 0. The largest absolute Gasteiger partial charge is 0.382 e. The summed E-state index contributed by atoms with van der Waals surface area (Å²) in [5.74, 6) is 0.553. The third-order valence-corrected chi connectivity index (χ3v) is 5.02. The molecule has 0 saturated heterocycles. The number of aromatic nitrogens is 6. The van der Waals surface area contributed by atoms with Crippen LogP contribution in [-0.2, 0) is 4.79 Å². The average molecular weight is 393 g/mol. The van der Waals surface area contributed by atoms with Gasteiger partial charge in [0.2, 0.25) is 11.9 Å². The smallest absolute Gasteiger partial charge is 0.240 e. The highest BCUT2D eigenvalue weighted by Crippen LogP contribution is 2.30. The number of hydrogen-bond acceptors (Lipinski definition) is 7. The Labute approximate surface area is 166 Å². The molecule has 4 aromatic heterocycles. The Morgan fingerprint density at radius 3 is 2.59 bits per heavy atom. The van der Waals surface area contributed by atoms with E-state index in [0.29, 0.717) is 11.3 Å². The van der Waals surface area contributed by atoms with Gasteiger partial charge in [0.15, 0.2) is 11.5 Å². The first kappa shape index (κ1) is 18.7. The number of hydrogen-bond donors (Lipinski definition) is 3. The van der Waals surface area contributed by atoms with E-state index in [0.717, 1.165) is 29.7 Å². The summed E-state index contributed by atoms with van der Waals surface area (Å²) in [6.45, 7) is 3.67. The van der Waals surface area contributed by atoms with Crippen LogP contribution in [0.25, 0.3) is 22.4 Å². The van der Waals surface area contributed by atoms with E-state index in [1.807, 2.05) is 18.2 Å². The number of anilines is 2. The van der Waals surface area contributed by atoms with Crippen molar-refractivity contribution in [2.45, 2.75) is 38.6 Å². The summed E-state index contributed by atoms with van der Waals surface area (Å²) < 4.78 is 3.31. The first-order chi connectivity index (χ1) is 13.8. The predicted molar refractivity (Wildman–Crippen MR) is 110 cm³/mol. The Morgan fingerprint density at radius 1 is 1.14 bits per heavy atom. The zero-order chi connectivity index (χ0) is 20.6. The molecule has 1 amide bonds. The lowest BCUT2D eigenvalue weighted by Crippen LogP contribution is -2.50. The third kappa shape index (κ3) is 3.68. The third-order valence-electron chi connectivity index (χ3n) is 5.02. The molecule has 10 heteroatoms. The standard InChI is InChI=1S/C12H10N8.C7H13NO/c13-11-10-7(3-5-20(10)18-12(14)16-11)8-1-2-9-15-4-6-19(9)17-8;1-6(9)8-7(2)4-3-5-7/h1-6H,(H4,13,14,16,18);3-5H2,1-2H3,(H,8,9). The van der Waals surface area contributed by atoms with E-state index < -0.39 is 0 Å². The zero-order valence-corrected chi connectivity index (χ0v) is 16.3. The second kappa shape index (κ2) is 7.04. The normalized spacial score (nSPS) is 14.8. The van der Waals surface area contributed by atoms with Crippen LogP contribution in [0.5, 0.6) is 0 Å². The number of carbonyl (C=O) groups is 1. The highest BCUT2D eigenvalue weighted by Gasteiger charge is 2.31. The van der Waals surface area contributed by atoms with Crippen molar-refractivity contribution in [3.05, 3.63) is 36.8 Å². The lowest BCUT2D eigenvalue weighted by Gasteiger charge is -2.38. The van der Waals surface area contributed by atoms with Crippen LogP contribution in [0.3, 0.4) is 0 Å². The number of amides is 1. The Morgan fingerprint density at radius 2 is 1.93 bits per heavy atom. The number of fused-ring (bicyclic) bond motifs is 2. The van der Waals surface area contributed by atoms with Crippen LogP contribution < -0.4 is 16.8 Å². The SMILES string of the molecule is CC(=O)NC1(C)CCC1.Nc1nc(N)c2c(-c3ccc4nccn4n3)ccn2n1. The van der Waals surface area contributed by atoms with Gasteiger partial charge in [0.25, 0.3) is 0 Å². The molecule has 5 rings (SSSR count). The summed E-state index contributed by atoms with van der Waals surface area (Å²) in [6.07, 6.45) is 8.81. The maximum Gasteiger partial charge on any atom is 0.240 e. The van der Waals surface area contributed by atoms with Crippen molar-refractivity contribution < 1.29 is 4.79 Å². The second-order valence-corrected chi connectivity index (χ2v) is 7.42. The van der Waals surface area contributed by atoms with Gasteiger partial charge in [-0.1, -0.05) is 0 Å². The zero-order valence-electron chi connectivity index (χ0n) is 16.3. The van der Waals surface area contributed by atoms with Gasteiger partial charge in [-0.2, -0.15) is 10.1 Å². The fourth-order valence-corrected chi connectivity index (χ4v) is 3.49. The minimum Gasteiger partial charge on any atom is -0.382 e. The van der Waals surface area contributed by atoms with Crippen molar-refractivity contribution in [3.8, 4) is 11.3 Å². The number of rotatable bonds is 2. The summed E-state index contributed by atoms with van der Waals surface area (Å²) in [4.78, 5) is 18.7. The van der Waals surface area contributed by atoms with Crippen LogP contribution in [0, 0.1) is 0 Å². The van der Waals surface area contributed by atoms with Gasteiger partial charge in [-0.15, -0.1) is 5.10 Å². The van der Waals surface area contributed by atoms with E-state index in [2.05, 4.69) is 32.4 Å². The molecule has 1 fully saturated rings. The molecule has 1 aliphatic carbocycles. The van der Waals surface area contributed by atoms with Crippen molar-refractivity contribution in [2.24, 2.45) is 0 Å². The van der Waals surface area contributed by atoms with Gasteiger partial charge in [-0.05, 0) is 44.4 Å². The van der Waals surface area contributed by atoms with Crippen LogP contribution in [0.4, 0.5) is 11.8 Å². The van der Waals surface area contributed by atoms with Gasteiger partial charge >= 0.3 is 0 Å². The molecule has 0 bridgehead atoms. The van der Waals surface area contributed by atoms with Crippen molar-refractivity contribution in [2.75, 3.05) is 11.5 Å². The molecule has 0 aromatic carbocycles. The highest BCUT2D eigenvalue weighted by molar-refractivity contribution is 5.86. The fourth-order valence-electron chi connectivity index (χ4n) is 3.49. The molecule has 150 valence electrons. The molecule has 4 heterocycles. The summed E-state index contributed by atoms with van der Waals surface area (Å²) in [5.41, 5.74) is 14.7. The van der Waals surface area contributed by atoms with Crippen molar-refractivity contribution in [1.29, 1.82) is 0 Å². The summed E-state index contributed by atoms with van der Waals surface area (Å²) >= 11 is 0.